The van der Waals surface area contributed by atoms with Crippen LogP contribution in [0.1, 0.15) is 25.5 Å². The topological polar surface area (TPSA) is 70.7 Å². The Balaban J connectivity index is 1.56. The summed E-state index contributed by atoms with van der Waals surface area (Å²) in [4.78, 5) is 5.29. The molecule has 1 aliphatic heterocycles. The summed E-state index contributed by atoms with van der Waals surface area (Å²) in [5.74, 6) is 0.797. The van der Waals surface area contributed by atoms with Gasteiger partial charge in [0.15, 0.2) is 11.5 Å². The lowest BCUT2D eigenvalue weighted by Crippen LogP contribution is -2.18. The first kappa shape index (κ1) is 16.5. The molecule has 1 aliphatic rings. The van der Waals surface area contributed by atoms with E-state index in [1.54, 1.807) is 18.7 Å². The molecule has 7 nitrogen and oxygen atoms in total. The lowest BCUT2D eigenvalue weighted by molar-refractivity contribution is -0.0311. The van der Waals surface area contributed by atoms with Gasteiger partial charge in [-0.1, -0.05) is 12.1 Å². The van der Waals surface area contributed by atoms with Crippen molar-refractivity contribution in [3.63, 3.8) is 0 Å². The van der Waals surface area contributed by atoms with Gasteiger partial charge in [-0.2, -0.15) is 5.10 Å². The Morgan fingerprint density at radius 1 is 1.15 bits per heavy atom. The number of pyridine rings is 1. The minimum Gasteiger partial charge on any atom is -0.358 e. The Kier molecular flexibility index (Phi) is 4.14. The lowest BCUT2D eigenvalue weighted by Gasteiger charge is -2.24. The van der Waals surface area contributed by atoms with Crippen LogP contribution in [-0.4, -0.2) is 36.1 Å². The molecule has 0 spiro atoms. The van der Waals surface area contributed by atoms with Crippen molar-refractivity contribution in [1.29, 1.82) is 0 Å². The molecule has 0 saturated carbocycles. The van der Waals surface area contributed by atoms with Gasteiger partial charge < -0.3 is 4.74 Å². The van der Waals surface area contributed by atoms with Gasteiger partial charge in [0.25, 0.3) is 0 Å². The van der Waals surface area contributed by atoms with Crippen LogP contribution in [0.4, 0.5) is 0 Å². The van der Waals surface area contributed by atoms with Crippen LogP contribution in [0.15, 0.2) is 53.9 Å². The Bertz CT molecular complexity index is 1100. The van der Waals surface area contributed by atoms with E-state index in [-0.39, 0.29) is 6.23 Å². The third-order valence-electron chi connectivity index (χ3n) is 4.78. The van der Waals surface area contributed by atoms with Gasteiger partial charge in [-0.05, 0) is 37.5 Å². The summed E-state index contributed by atoms with van der Waals surface area (Å²) in [5, 5.41) is 13.9. The molecule has 0 N–H and O–H groups in total. The molecule has 0 bridgehead atoms. The van der Waals surface area contributed by atoms with E-state index >= 15 is 0 Å². The van der Waals surface area contributed by atoms with Crippen molar-refractivity contribution >= 4 is 23.7 Å². The molecule has 0 amide bonds. The SMILES string of the molecule is Sc1cnc2c(cnn2-c2cccc(-c3nncn3C3CCCCO3)c2)c1. The van der Waals surface area contributed by atoms with Gasteiger partial charge in [0.2, 0.25) is 0 Å². The number of ether oxygens (including phenoxy) is 1. The van der Waals surface area contributed by atoms with Crippen molar-refractivity contribution in [2.45, 2.75) is 30.4 Å². The van der Waals surface area contributed by atoms with E-state index in [2.05, 4.69) is 32.9 Å². The minimum absolute atomic E-state index is 0.00610. The number of benzene rings is 1. The molecule has 136 valence electrons. The van der Waals surface area contributed by atoms with Crippen molar-refractivity contribution in [1.82, 2.24) is 29.5 Å². The van der Waals surface area contributed by atoms with E-state index < -0.39 is 0 Å². The van der Waals surface area contributed by atoms with Crippen LogP contribution in [-0.2, 0) is 4.74 Å². The maximum absolute atomic E-state index is 5.90. The first-order chi connectivity index (χ1) is 13.3. The lowest BCUT2D eigenvalue weighted by atomic mass is 10.1. The van der Waals surface area contributed by atoms with Crippen LogP contribution >= 0.6 is 12.6 Å². The highest BCUT2D eigenvalue weighted by atomic mass is 32.1. The Morgan fingerprint density at radius 2 is 2.11 bits per heavy atom. The van der Waals surface area contributed by atoms with Gasteiger partial charge in [-0.15, -0.1) is 22.8 Å². The molecule has 1 atom stereocenters. The number of hydrogen-bond donors (Lipinski definition) is 1. The van der Waals surface area contributed by atoms with Gasteiger partial charge in [0.05, 0.1) is 11.9 Å². The van der Waals surface area contributed by atoms with Crippen LogP contribution in [0.2, 0.25) is 0 Å². The van der Waals surface area contributed by atoms with E-state index in [0.717, 1.165) is 58.9 Å². The molecule has 4 aromatic rings. The zero-order valence-corrected chi connectivity index (χ0v) is 15.5. The molecule has 8 heteroatoms. The predicted molar refractivity (Wildman–Crippen MR) is 104 cm³/mol. The molecule has 1 unspecified atom stereocenters. The minimum atomic E-state index is -0.00610. The van der Waals surface area contributed by atoms with Crippen molar-refractivity contribution in [3.8, 4) is 17.1 Å². The van der Waals surface area contributed by atoms with Gasteiger partial charge in [-0.3, -0.25) is 4.57 Å². The van der Waals surface area contributed by atoms with Gasteiger partial charge in [-0.25, -0.2) is 9.67 Å². The second-order valence-corrected chi connectivity index (χ2v) is 7.11. The van der Waals surface area contributed by atoms with Crippen LogP contribution in [0.25, 0.3) is 28.1 Å². The molecule has 3 aromatic heterocycles. The van der Waals surface area contributed by atoms with Crippen molar-refractivity contribution in [3.05, 3.63) is 49.1 Å². The number of aromatic nitrogens is 6. The highest BCUT2D eigenvalue weighted by molar-refractivity contribution is 7.80. The Labute approximate surface area is 161 Å². The molecule has 5 rings (SSSR count). The van der Waals surface area contributed by atoms with Crippen LogP contribution in [0, 0.1) is 0 Å². The maximum atomic E-state index is 5.90. The molecule has 1 fully saturated rings. The zero-order valence-electron chi connectivity index (χ0n) is 14.6. The number of hydrogen-bond acceptors (Lipinski definition) is 6. The van der Waals surface area contributed by atoms with E-state index in [1.807, 2.05) is 39.6 Å². The summed E-state index contributed by atoms with van der Waals surface area (Å²) in [6.07, 6.45) is 8.50. The Hall–Kier alpha value is -2.71. The fraction of sp³-hybridized carbons (Fsp3) is 0.263. The molecule has 27 heavy (non-hydrogen) atoms. The van der Waals surface area contributed by atoms with E-state index in [4.69, 9.17) is 4.74 Å². The van der Waals surface area contributed by atoms with Crippen molar-refractivity contribution in [2.75, 3.05) is 6.61 Å². The maximum Gasteiger partial charge on any atom is 0.165 e. The molecule has 0 radical (unpaired) electrons. The van der Waals surface area contributed by atoms with E-state index in [1.165, 1.54) is 0 Å². The largest absolute Gasteiger partial charge is 0.358 e. The monoisotopic (exact) mass is 378 g/mol. The summed E-state index contributed by atoms with van der Waals surface area (Å²) < 4.78 is 9.75. The smallest absolute Gasteiger partial charge is 0.165 e. The van der Waals surface area contributed by atoms with Gasteiger partial charge in [0.1, 0.15) is 12.6 Å². The summed E-state index contributed by atoms with van der Waals surface area (Å²) in [5.41, 5.74) is 2.68. The van der Waals surface area contributed by atoms with E-state index in [0.29, 0.717) is 0 Å². The molecule has 1 saturated heterocycles. The Morgan fingerprint density at radius 3 is 3.00 bits per heavy atom. The van der Waals surface area contributed by atoms with E-state index in [9.17, 15) is 0 Å². The predicted octanol–water partition coefficient (Wildman–Crippen LogP) is 3.67. The number of thiol groups is 1. The normalized spacial score (nSPS) is 17.4. The van der Waals surface area contributed by atoms with Crippen LogP contribution in [0.3, 0.4) is 0 Å². The summed E-state index contributed by atoms with van der Waals surface area (Å²) in [7, 11) is 0. The van der Waals surface area contributed by atoms with Crippen molar-refractivity contribution in [2.24, 2.45) is 0 Å². The average Bonchev–Trinajstić information content (AvgIpc) is 3.36. The molecular weight excluding hydrogens is 360 g/mol. The second-order valence-electron chi connectivity index (χ2n) is 6.60. The molecule has 4 heterocycles. The first-order valence-corrected chi connectivity index (χ1v) is 9.39. The molecule has 1 aromatic carbocycles. The van der Waals surface area contributed by atoms with Gasteiger partial charge in [0, 0.05) is 28.6 Å². The number of fused-ring (bicyclic) bond motifs is 1. The van der Waals surface area contributed by atoms with Crippen LogP contribution in [0.5, 0.6) is 0 Å². The zero-order chi connectivity index (χ0) is 18.2. The third-order valence-corrected chi connectivity index (χ3v) is 5.03. The highest BCUT2D eigenvalue weighted by Gasteiger charge is 2.20. The summed E-state index contributed by atoms with van der Waals surface area (Å²) in [6.45, 7) is 0.778. The summed E-state index contributed by atoms with van der Waals surface area (Å²) in [6, 6.07) is 10.0. The standard InChI is InChI=1S/C19H18N6OS/c27-16-9-14-10-22-25(18(14)20-11-16)15-5-3-4-13(8-15)19-23-21-12-24(19)17-6-1-2-7-26-17/h3-5,8-12,17,27H,1-2,6-7H2. The first-order valence-electron chi connectivity index (χ1n) is 8.94. The molecular formula is C19H18N6OS. The second kappa shape index (κ2) is 6.79. The fourth-order valence-corrected chi connectivity index (χ4v) is 3.68. The summed E-state index contributed by atoms with van der Waals surface area (Å²) >= 11 is 4.35. The van der Waals surface area contributed by atoms with Crippen LogP contribution < -0.4 is 0 Å². The molecule has 0 aliphatic carbocycles. The fourth-order valence-electron chi connectivity index (χ4n) is 3.48. The average molecular weight is 378 g/mol. The quantitative estimate of drug-likeness (QED) is 0.551. The van der Waals surface area contributed by atoms with Gasteiger partial charge >= 0.3 is 0 Å². The van der Waals surface area contributed by atoms with Crippen molar-refractivity contribution < 1.29 is 4.74 Å². The number of rotatable bonds is 3. The third kappa shape index (κ3) is 3.00. The number of nitrogens with zero attached hydrogens (tertiary/aromatic N) is 6. The highest BCUT2D eigenvalue weighted by Crippen LogP contribution is 2.28.